The van der Waals surface area contributed by atoms with E-state index in [1.165, 1.54) is 12.8 Å². The summed E-state index contributed by atoms with van der Waals surface area (Å²) in [5.41, 5.74) is 0.881. The maximum atomic E-state index is 13.3. The average molecular weight is 538 g/mol. The number of nitrogens with zero attached hydrogens (tertiary/aromatic N) is 4. The number of para-hydroxylation sites is 1. The summed E-state index contributed by atoms with van der Waals surface area (Å²) >= 11 is 0. The number of hydrogen-bond donors (Lipinski definition) is 1. The Bertz CT molecular complexity index is 1220. The Labute approximate surface area is 231 Å². The molecule has 0 saturated carbocycles. The van der Waals surface area contributed by atoms with Crippen LogP contribution in [0.4, 0.5) is 4.79 Å². The van der Waals surface area contributed by atoms with Crippen molar-refractivity contribution in [2.75, 3.05) is 45.9 Å². The Morgan fingerprint density at radius 3 is 2.38 bits per heavy atom. The predicted octanol–water partition coefficient (Wildman–Crippen LogP) is 3.47. The molecule has 0 radical (unpaired) electrons. The molecule has 3 aliphatic heterocycles. The third-order valence-corrected chi connectivity index (χ3v) is 8.71. The summed E-state index contributed by atoms with van der Waals surface area (Å²) < 4.78 is 6.85. The van der Waals surface area contributed by atoms with Gasteiger partial charge < -0.3 is 19.5 Å². The quantitative estimate of drug-likeness (QED) is 0.555. The number of amides is 2. The molecule has 1 aromatic carbocycles. The lowest BCUT2D eigenvalue weighted by Gasteiger charge is -2.40. The molecule has 0 aliphatic carbocycles. The third-order valence-electron chi connectivity index (χ3n) is 8.71. The Morgan fingerprint density at radius 1 is 1.03 bits per heavy atom. The number of hydrogen-bond acceptors (Lipinski definition) is 6. The first kappa shape index (κ1) is 27.6. The van der Waals surface area contributed by atoms with Crippen molar-refractivity contribution in [3.63, 3.8) is 0 Å². The van der Waals surface area contributed by atoms with Gasteiger partial charge in [0.1, 0.15) is 5.56 Å². The number of aromatic nitrogens is 1. The van der Waals surface area contributed by atoms with E-state index in [4.69, 9.17) is 4.74 Å². The average Bonchev–Trinajstić information content (AvgIpc) is 3.15. The molecule has 2 aromatic rings. The molecule has 9 heteroatoms. The zero-order chi connectivity index (χ0) is 27.5. The molecule has 3 atom stereocenters. The van der Waals surface area contributed by atoms with Crippen molar-refractivity contribution in [3.05, 3.63) is 46.2 Å². The topological polar surface area (TPSA) is 87.1 Å². The molecule has 1 unspecified atom stereocenters. The normalized spacial score (nSPS) is 23.9. The summed E-state index contributed by atoms with van der Waals surface area (Å²) in [6, 6.07) is 10.6. The van der Waals surface area contributed by atoms with Crippen LogP contribution in [0.15, 0.2) is 35.1 Å². The molecule has 2 amide bonds. The standard InChI is InChI=1S/C30H43N5O4/c1-4-39-30(38)33-16-14-32(15-17-33)12-7-13-34-24-10-11-25(34)20-23(19-24)31-28(36)26-18-22-8-5-6-9-27(22)35(21(2)3)29(26)37/h5-6,8-9,18,21,23-25H,4,7,10-17,19-20H2,1-3H3,(H,31,36)/t23?,24-,25+. The highest BCUT2D eigenvalue weighted by Gasteiger charge is 2.41. The highest BCUT2D eigenvalue weighted by molar-refractivity contribution is 5.97. The fourth-order valence-electron chi connectivity index (χ4n) is 6.83. The van der Waals surface area contributed by atoms with E-state index in [-0.39, 0.29) is 35.2 Å². The molecule has 3 saturated heterocycles. The lowest BCUT2D eigenvalue weighted by atomic mass is 9.96. The fourth-order valence-corrected chi connectivity index (χ4v) is 6.83. The Kier molecular flexibility index (Phi) is 8.57. The van der Waals surface area contributed by atoms with Crippen LogP contribution in [0.3, 0.4) is 0 Å². The molecule has 1 aromatic heterocycles. The highest BCUT2D eigenvalue weighted by atomic mass is 16.6. The van der Waals surface area contributed by atoms with Crippen LogP contribution in [0.2, 0.25) is 0 Å². The number of rotatable bonds is 8. The SMILES string of the molecule is CCOC(=O)N1CCN(CCCN2[C@@H]3CC[C@H]2CC(NC(=O)c2cc4ccccc4n(C(C)C)c2=O)C3)CC1. The Balaban J connectivity index is 1.13. The number of fused-ring (bicyclic) bond motifs is 3. The summed E-state index contributed by atoms with van der Waals surface area (Å²) in [4.78, 5) is 45.5. The van der Waals surface area contributed by atoms with Crippen LogP contribution in [-0.2, 0) is 4.74 Å². The minimum atomic E-state index is -0.250. The first-order valence-corrected chi connectivity index (χ1v) is 14.7. The minimum absolute atomic E-state index is 0.0318. The number of benzene rings is 1. The summed E-state index contributed by atoms with van der Waals surface area (Å²) in [6.45, 7) is 11.6. The van der Waals surface area contributed by atoms with Crippen LogP contribution in [0.5, 0.6) is 0 Å². The lowest BCUT2D eigenvalue weighted by molar-refractivity contribution is 0.0724. The first-order valence-electron chi connectivity index (χ1n) is 14.7. The third kappa shape index (κ3) is 5.99. The molecule has 0 spiro atoms. The van der Waals surface area contributed by atoms with Gasteiger partial charge in [0.2, 0.25) is 0 Å². The summed E-state index contributed by atoms with van der Waals surface area (Å²) in [5, 5.41) is 4.14. The van der Waals surface area contributed by atoms with E-state index >= 15 is 0 Å². The van der Waals surface area contributed by atoms with Gasteiger partial charge in [0.05, 0.1) is 12.1 Å². The summed E-state index contributed by atoms with van der Waals surface area (Å²) in [5.74, 6) is -0.250. The number of nitrogens with one attached hydrogen (secondary N) is 1. The molecule has 3 aliphatic rings. The van der Waals surface area contributed by atoms with Crippen molar-refractivity contribution < 1.29 is 14.3 Å². The van der Waals surface area contributed by atoms with Gasteiger partial charge in [-0.25, -0.2) is 4.79 Å². The van der Waals surface area contributed by atoms with Crippen LogP contribution < -0.4 is 10.9 Å². The van der Waals surface area contributed by atoms with Crippen molar-refractivity contribution in [2.24, 2.45) is 0 Å². The van der Waals surface area contributed by atoms with Gasteiger partial charge in [-0.3, -0.25) is 19.4 Å². The molecule has 5 rings (SSSR count). The number of ether oxygens (including phenoxy) is 1. The lowest BCUT2D eigenvalue weighted by Crippen LogP contribution is -2.52. The molecule has 9 nitrogen and oxygen atoms in total. The second-order valence-corrected chi connectivity index (χ2v) is 11.5. The van der Waals surface area contributed by atoms with E-state index in [0.29, 0.717) is 18.7 Å². The van der Waals surface area contributed by atoms with Crippen LogP contribution in [0.25, 0.3) is 10.9 Å². The van der Waals surface area contributed by atoms with Gasteiger partial charge in [-0.2, -0.15) is 0 Å². The fraction of sp³-hybridized carbons (Fsp3) is 0.633. The van der Waals surface area contributed by atoms with Crippen LogP contribution >= 0.6 is 0 Å². The van der Waals surface area contributed by atoms with Gasteiger partial charge in [0, 0.05) is 50.3 Å². The smallest absolute Gasteiger partial charge is 0.409 e. The van der Waals surface area contributed by atoms with Crippen molar-refractivity contribution in [1.29, 1.82) is 0 Å². The van der Waals surface area contributed by atoms with Crippen molar-refractivity contribution in [1.82, 2.24) is 24.6 Å². The van der Waals surface area contributed by atoms with E-state index in [2.05, 4.69) is 15.1 Å². The molecule has 212 valence electrons. The first-order chi connectivity index (χ1) is 18.9. The van der Waals surface area contributed by atoms with E-state index in [1.807, 2.05) is 45.0 Å². The molecule has 39 heavy (non-hydrogen) atoms. The number of carbonyl (C=O) groups excluding carboxylic acids is 2. The second-order valence-electron chi connectivity index (χ2n) is 11.5. The van der Waals surface area contributed by atoms with Gasteiger partial charge in [-0.15, -0.1) is 0 Å². The molecular formula is C30H43N5O4. The molecule has 2 bridgehead atoms. The second kappa shape index (κ2) is 12.1. The van der Waals surface area contributed by atoms with Gasteiger partial charge >= 0.3 is 6.09 Å². The van der Waals surface area contributed by atoms with E-state index in [0.717, 1.165) is 69.4 Å². The summed E-state index contributed by atoms with van der Waals surface area (Å²) in [7, 11) is 0. The zero-order valence-electron chi connectivity index (χ0n) is 23.6. The van der Waals surface area contributed by atoms with Gasteiger partial charge in [-0.1, -0.05) is 18.2 Å². The van der Waals surface area contributed by atoms with E-state index < -0.39 is 0 Å². The van der Waals surface area contributed by atoms with Gasteiger partial charge in [-0.05, 0) is 83.5 Å². The van der Waals surface area contributed by atoms with Gasteiger partial charge in [0.15, 0.2) is 0 Å². The number of piperidine rings is 1. The minimum Gasteiger partial charge on any atom is -0.450 e. The Morgan fingerprint density at radius 2 is 1.72 bits per heavy atom. The molecular weight excluding hydrogens is 494 g/mol. The van der Waals surface area contributed by atoms with Crippen LogP contribution in [-0.4, -0.2) is 95.3 Å². The molecule has 1 N–H and O–H groups in total. The van der Waals surface area contributed by atoms with Crippen LogP contribution in [0, 0.1) is 0 Å². The van der Waals surface area contributed by atoms with E-state index in [1.54, 1.807) is 15.5 Å². The largest absolute Gasteiger partial charge is 0.450 e. The molecule has 4 heterocycles. The maximum absolute atomic E-state index is 13.3. The zero-order valence-corrected chi connectivity index (χ0v) is 23.6. The number of carbonyl (C=O) groups is 2. The van der Waals surface area contributed by atoms with Crippen LogP contribution in [0.1, 0.15) is 69.3 Å². The van der Waals surface area contributed by atoms with Crippen molar-refractivity contribution in [2.45, 2.75) is 77.0 Å². The van der Waals surface area contributed by atoms with Gasteiger partial charge in [0.25, 0.3) is 11.5 Å². The van der Waals surface area contributed by atoms with Crippen molar-refractivity contribution in [3.8, 4) is 0 Å². The monoisotopic (exact) mass is 537 g/mol. The number of piperazine rings is 1. The molecule has 3 fully saturated rings. The summed E-state index contributed by atoms with van der Waals surface area (Å²) in [6.07, 6.45) is 5.13. The highest BCUT2D eigenvalue weighted by Crippen LogP contribution is 2.36. The van der Waals surface area contributed by atoms with Crippen molar-refractivity contribution >= 4 is 22.9 Å². The Hall–Kier alpha value is -2.91. The predicted molar refractivity (Wildman–Crippen MR) is 152 cm³/mol. The number of pyridine rings is 1. The van der Waals surface area contributed by atoms with E-state index in [9.17, 15) is 14.4 Å². The maximum Gasteiger partial charge on any atom is 0.409 e.